The minimum absolute atomic E-state index is 0.0526. The molecule has 3 aromatic rings. The number of anilines is 2. The molecule has 0 unspecified atom stereocenters. The van der Waals surface area contributed by atoms with Crippen LogP contribution < -0.4 is 16.4 Å². The van der Waals surface area contributed by atoms with Gasteiger partial charge in [-0.1, -0.05) is 11.6 Å². The number of ether oxygens (including phenoxy) is 1. The summed E-state index contributed by atoms with van der Waals surface area (Å²) in [6.07, 6.45) is 2.90. The van der Waals surface area contributed by atoms with Gasteiger partial charge in [0.05, 0.1) is 23.5 Å². The molecule has 0 radical (unpaired) electrons. The second kappa shape index (κ2) is 9.82. The molecule has 4 N–H and O–H groups in total. The first-order chi connectivity index (χ1) is 15.2. The molecule has 1 amide bonds. The summed E-state index contributed by atoms with van der Waals surface area (Å²) in [4.78, 5) is 20.1. The third-order valence-electron chi connectivity index (χ3n) is 4.63. The van der Waals surface area contributed by atoms with Crippen LogP contribution in [0.4, 0.5) is 20.8 Å². The summed E-state index contributed by atoms with van der Waals surface area (Å²) in [6, 6.07) is 4.03. The molecule has 32 heavy (non-hydrogen) atoms. The molecule has 2 aromatic heterocycles. The zero-order chi connectivity index (χ0) is 23.4. The van der Waals surface area contributed by atoms with Crippen molar-refractivity contribution >= 4 is 29.3 Å². The van der Waals surface area contributed by atoms with Crippen molar-refractivity contribution in [3.05, 3.63) is 41.4 Å². The highest BCUT2D eigenvalue weighted by Crippen LogP contribution is 2.38. The minimum Gasteiger partial charge on any atom is -0.453 e. The molecular weight excluding hydrogens is 437 g/mol. The smallest absolute Gasteiger partial charge is 0.407 e. The van der Waals surface area contributed by atoms with E-state index in [1.807, 2.05) is 27.0 Å². The zero-order valence-corrected chi connectivity index (χ0v) is 18.9. The standard InChI is InChI=1S/C21H25ClFN7O2/c1-11(2)30-10-15(19(29-30)14-7-13(23)8-16(24)18(14)22)17-5-6-25-20(28-17)26-9-12(3)27-21(31)32-4/h5-8,10-12H,9,24H2,1-4H3,(H,27,31)(H,25,26,28)/t12-/m0/s1. The lowest BCUT2D eigenvalue weighted by molar-refractivity contribution is 0.168. The Hall–Kier alpha value is -3.40. The molecule has 1 atom stereocenters. The van der Waals surface area contributed by atoms with Crippen LogP contribution in [0, 0.1) is 5.82 Å². The van der Waals surface area contributed by atoms with Crippen molar-refractivity contribution in [1.29, 1.82) is 0 Å². The highest BCUT2D eigenvalue weighted by atomic mass is 35.5. The van der Waals surface area contributed by atoms with Crippen LogP contribution in [0.2, 0.25) is 5.02 Å². The first-order valence-corrected chi connectivity index (χ1v) is 10.3. The highest BCUT2D eigenvalue weighted by molar-refractivity contribution is 6.35. The molecule has 0 saturated heterocycles. The molecule has 0 aliphatic rings. The zero-order valence-electron chi connectivity index (χ0n) is 18.2. The lowest BCUT2D eigenvalue weighted by Gasteiger charge is -2.14. The SMILES string of the molecule is COC(=O)N[C@@H](C)CNc1nccc(-c2cn(C(C)C)nc2-c2cc(F)cc(N)c2Cl)n1. The van der Waals surface area contributed by atoms with Crippen molar-refractivity contribution in [3.8, 4) is 22.5 Å². The molecule has 0 spiro atoms. The van der Waals surface area contributed by atoms with Gasteiger partial charge in [-0.05, 0) is 39.0 Å². The van der Waals surface area contributed by atoms with Crippen LogP contribution in [0.15, 0.2) is 30.6 Å². The van der Waals surface area contributed by atoms with Gasteiger partial charge < -0.3 is 21.1 Å². The minimum atomic E-state index is -0.522. The van der Waals surface area contributed by atoms with E-state index in [2.05, 4.69) is 30.4 Å². The summed E-state index contributed by atoms with van der Waals surface area (Å²) >= 11 is 6.39. The molecule has 2 heterocycles. The highest BCUT2D eigenvalue weighted by Gasteiger charge is 2.20. The molecule has 0 aliphatic heterocycles. The van der Waals surface area contributed by atoms with Crippen molar-refractivity contribution in [1.82, 2.24) is 25.1 Å². The summed E-state index contributed by atoms with van der Waals surface area (Å²) in [5, 5.41) is 10.6. The molecule has 0 aliphatic carbocycles. The van der Waals surface area contributed by atoms with Gasteiger partial charge in [0.15, 0.2) is 0 Å². The van der Waals surface area contributed by atoms with E-state index < -0.39 is 11.9 Å². The lowest BCUT2D eigenvalue weighted by atomic mass is 10.0. The Morgan fingerprint density at radius 2 is 2.06 bits per heavy atom. The van der Waals surface area contributed by atoms with Gasteiger partial charge in [0.25, 0.3) is 0 Å². The van der Waals surface area contributed by atoms with E-state index in [1.165, 1.54) is 19.2 Å². The number of benzene rings is 1. The van der Waals surface area contributed by atoms with Crippen molar-refractivity contribution < 1.29 is 13.9 Å². The number of nitrogens with one attached hydrogen (secondary N) is 2. The fourth-order valence-electron chi connectivity index (χ4n) is 2.97. The van der Waals surface area contributed by atoms with Crippen LogP contribution in [-0.4, -0.2) is 45.5 Å². The third-order valence-corrected chi connectivity index (χ3v) is 5.05. The maximum absolute atomic E-state index is 14.1. The second-order valence-electron chi connectivity index (χ2n) is 7.51. The Kier molecular flexibility index (Phi) is 7.14. The van der Waals surface area contributed by atoms with Crippen molar-refractivity contribution in [2.24, 2.45) is 0 Å². The summed E-state index contributed by atoms with van der Waals surface area (Å²) in [5.74, 6) is -0.154. The molecule has 170 valence electrons. The maximum Gasteiger partial charge on any atom is 0.407 e. The first-order valence-electron chi connectivity index (χ1n) is 9.95. The Morgan fingerprint density at radius 1 is 1.31 bits per heavy atom. The molecule has 0 saturated carbocycles. The average molecular weight is 462 g/mol. The van der Waals surface area contributed by atoms with Crippen molar-refractivity contribution in [3.63, 3.8) is 0 Å². The van der Waals surface area contributed by atoms with E-state index >= 15 is 0 Å². The topological polar surface area (TPSA) is 120 Å². The van der Waals surface area contributed by atoms with E-state index in [0.29, 0.717) is 35.0 Å². The molecule has 1 aromatic carbocycles. The lowest BCUT2D eigenvalue weighted by Crippen LogP contribution is -2.37. The van der Waals surface area contributed by atoms with Crippen LogP contribution >= 0.6 is 11.6 Å². The van der Waals surface area contributed by atoms with Crippen molar-refractivity contribution in [2.75, 3.05) is 24.7 Å². The van der Waals surface area contributed by atoms with Crippen LogP contribution in [0.3, 0.4) is 0 Å². The van der Waals surface area contributed by atoms with Crippen LogP contribution in [-0.2, 0) is 4.74 Å². The molecule has 9 nitrogen and oxygen atoms in total. The molecular formula is C21H25ClFN7O2. The number of nitrogens with two attached hydrogens (primary N) is 1. The number of hydrogen-bond donors (Lipinski definition) is 3. The van der Waals surface area contributed by atoms with Gasteiger partial charge in [-0.15, -0.1) is 0 Å². The fourth-order valence-corrected chi connectivity index (χ4v) is 3.17. The summed E-state index contributed by atoms with van der Waals surface area (Å²) in [6.45, 7) is 6.15. The number of halogens is 2. The number of nitrogens with zero attached hydrogens (tertiary/aromatic N) is 4. The summed E-state index contributed by atoms with van der Waals surface area (Å²) in [7, 11) is 1.30. The Morgan fingerprint density at radius 3 is 2.75 bits per heavy atom. The van der Waals surface area contributed by atoms with Crippen LogP contribution in [0.1, 0.15) is 26.8 Å². The van der Waals surface area contributed by atoms with E-state index in [0.717, 1.165) is 0 Å². The number of carbonyl (C=O) groups excluding carboxylic acids is 1. The van der Waals surface area contributed by atoms with E-state index in [1.54, 1.807) is 16.9 Å². The number of alkyl carbamates (subject to hydrolysis) is 1. The van der Waals surface area contributed by atoms with Gasteiger partial charge in [-0.25, -0.2) is 19.2 Å². The van der Waals surface area contributed by atoms with E-state index in [-0.39, 0.29) is 22.8 Å². The molecule has 11 heteroatoms. The van der Waals surface area contributed by atoms with Gasteiger partial charge in [0.2, 0.25) is 5.95 Å². The monoisotopic (exact) mass is 461 g/mol. The molecule has 0 fully saturated rings. The average Bonchev–Trinajstić information content (AvgIpc) is 3.20. The second-order valence-corrected chi connectivity index (χ2v) is 7.88. The Labute approximate surface area is 190 Å². The third kappa shape index (κ3) is 5.25. The number of amides is 1. The fraction of sp³-hybridized carbons (Fsp3) is 0.333. The van der Waals surface area contributed by atoms with Gasteiger partial charge in [-0.3, -0.25) is 4.68 Å². The predicted molar refractivity (Wildman–Crippen MR) is 122 cm³/mol. The van der Waals surface area contributed by atoms with Gasteiger partial charge in [0, 0.05) is 42.1 Å². The number of hydrogen-bond acceptors (Lipinski definition) is 7. The van der Waals surface area contributed by atoms with Gasteiger partial charge in [0.1, 0.15) is 11.5 Å². The quantitative estimate of drug-likeness (QED) is 0.452. The van der Waals surface area contributed by atoms with Crippen LogP contribution in [0.5, 0.6) is 0 Å². The van der Waals surface area contributed by atoms with Crippen molar-refractivity contribution in [2.45, 2.75) is 32.9 Å². The number of rotatable bonds is 7. The Balaban J connectivity index is 1.96. The number of methoxy groups -OCH3 is 1. The van der Waals surface area contributed by atoms with Crippen LogP contribution in [0.25, 0.3) is 22.5 Å². The summed E-state index contributed by atoms with van der Waals surface area (Å²) < 4.78 is 20.4. The van der Waals surface area contributed by atoms with E-state index in [4.69, 9.17) is 17.3 Å². The molecule has 0 bridgehead atoms. The summed E-state index contributed by atoms with van der Waals surface area (Å²) in [5.41, 5.74) is 8.05. The largest absolute Gasteiger partial charge is 0.453 e. The Bertz CT molecular complexity index is 1120. The van der Waals surface area contributed by atoms with Gasteiger partial charge in [-0.2, -0.15) is 5.10 Å². The normalized spacial score (nSPS) is 12.0. The first kappa shape index (κ1) is 23.3. The predicted octanol–water partition coefficient (Wildman–Crippen LogP) is 4.12. The van der Waals surface area contributed by atoms with E-state index in [9.17, 15) is 9.18 Å². The number of carbonyl (C=O) groups is 1. The molecule has 3 rings (SSSR count). The number of nitrogen functional groups attached to an aromatic ring is 1. The number of aromatic nitrogens is 4. The maximum atomic E-state index is 14.1. The van der Waals surface area contributed by atoms with Gasteiger partial charge >= 0.3 is 6.09 Å².